The van der Waals surface area contributed by atoms with E-state index in [-0.39, 0.29) is 5.91 Å². The Balaban J connectivity index is 1.76. The maximum absolute atomic E-state index is 12.3. The van der Waals surface area contributed by atoms with Gasteiger partial charge in [0.25, 0.3) is 5.91 Å². The molecule has 1 aromatic heterocycles. The number of anilines is 1. The number of rotatable bonds is 4. The summed E-state index contributed by atoms with van der Waals surface area (Å²) in [6, 6.07) is 15.7. The number of benzene rings is 2. The van der Waals surface area contributed by atoms with Crippen molar-refractivity contribution in [3.8, 4) is 11.3 Å². The molecule has 3 rings (SSSR count). The molecule has 1 amide bonds. The van der Waals surface area contributed by atoms with Crippen molar-refractivity contribution in [2.75, 3.05) is 5.32 Å². The fraction of sp³-hybridized carbons (Fsp3) is 0.158. The van der Waals surface area contributed by atoms with Gasteiger partial charge in [-0.3, -0.25) is 10.1 Å². The number of carbonyl (C=O) groups excluding carboxylic acids is 1. The fourth-order valence-electron chi connectivity index (χ4n) is 2.31. The van der Waals surface area contributed by atoms with Crippen LogP contribution in [0.2, 0.25) is 0 Å². The Morgan fingerprint density at radius 2 is 1.83 bits per heavy atom. The van der Waals surface area contributed by atoms with Gasteiger partial charge in [0.15, 0.2) is 5.13 Å². The number of carbonyl (C=O) groups is 1. The van der Waals surface area contributed by atoms with Crippen LogP contribution in [-0.2, 0) is 0 Å². The molecule has 0 spiro atoms. The molecule has 0 bridgehead atoms. The van der Waals surface area contributed by atoms with Gasteiger partial charge in [0.1, 0.15) is 0 Å². The quantitative estimate of drug-likeness (QED) is 0.587. The average molecular weight is 401 g/mol. The van der Waals surface area contributed by atoms with Crippen molar-refractivity contribution in [1.82, 2.24) is 4.98 Å². The molecule has 1 N–H and O–H groups in total. The summed E-state index contributed by atoms with van der Waals surface area (Å²) in [5.74, 6) is 0.340. The standard InChI is InChI=1S/C19H17BrN2OS/c1-12(2)13-7-9-14(10-8-13)17-11-24-19(21-17)22-18(23)15-5-3-4-6-16(15)20/h3-12H,1-2H3,(H,21,22,23). The molecule has 0 unspecified atom stereocenters. The summed E-state index contributed by atoms with van der Waals surface area (Å²) in [7, 11) is 0. The third-order valence-corrected chi connectivity index (χ3v) is 5.17. The highest BCUT2D eigenvalue weighted by molar-refractivity contribution is 9.10. The molecular weight excluding hydrogens is 384 g/mol. The van der Waals surface area contributed by atoms with Crippen molar-refractivity contribution in [2.24, 2.45) is 0 Å². The second kappa shape index (κ2) is 7.28. The lowest BCUT2D eigenvalue weighted by atomic mass is 10.0. The molecule has 0 aliphatic rings. The van der Waals surface area contributed by atoms with Crippen LogP contribution in [0.25, 0.3) is 11.3 Å². The maximum Gasteiger partial charge on any atom is 0.258 e. The van der Waals surface area contributed by atoms with E-state index in [9.17, 15) is 4.79 Å². The highest BCUT2D eigenvalue weighted by atomic mass is 79.9. The van der Waals surface area contributed by atoms with Gasteiger partial charge in [-0.25, -0.2) is 4.98 Å². The van der Waals surface area contributed by atoms with Gasteiger partial charge < -0.3 is 0 Å². The summed E-state index contributed by atoms with van der Waals surface area (Å²) in [6.07, 6.45) is 0. The van der Waals surface area contributed by atoms with Crippen LogP contribution in [0.15, 0.2) is 58.4 Å². The first kappa shape index (κ1) is 16.9. The van der Waals surface area contributed by atoms with Crippen LogP contribution in [0.5, 0.6) is 0 Å². The summed E-state index contributed by atoms with van der Waals surface area (Å²) >= 11 is 4.82. The fourth-order valence-corrected chi connectivity index (χ4v) is 3.49. The first-order chi connectivity index (χ1) is 11.5. The van der Waals surface area contributed by atoms with Crippen molar-refractivity contribution >= 4 is 38.3 Å². The zero-order valence-corrected chi connectivity index (χ0v) is 15.8. The molecule has 2 aromatic carbocycles. The molecule has 0 atom stereocenters. The second-order valence-corrected chi connectivity index (χ2v) is 7.46. The monoisotopic (exact) mass is 400 g/mol. The highest BCUT2D eigenvalue weighted by Crippen LogP contribution is 2.27. The SMILES string of the molecule is CC(C)c1ccc(-c2csc(NC(=O)c3ccccc3Br)n2)cc1. The van der Waals surface area contributed by atoms with Gasteiger partial charge in [0.05, 0.1) is 11.3 Å². The van der Waals surface area contributed by atoms with E-state index >= 15 is 0 Å². The first-order valence-electron chi connectivity index (χ1n) is 7.66. The van der Waals surface area contributed by atoms with Crippen molar-refractivity contribution < 1.29 is 4.79 Å². The van der Waals surface area contributed by atoms with E-state index in [2.05, 4.69) is 64.3 Å². The summed E-state index contributed by atoms with van der Waals surface area (Å²) < 4.78 is 0.767. The number of nitrogens with one attached hydrogen (secondary N) is 1. The normalized spacial score (nSPS) is 10.8. The van der Waals surface area contributed by atoms with Crippen LogP contribution in [-0.4, -0.2) is 10.9 Å². The molecule has 3 nitrogen and oxygen atoms in total. The van der Waals surface area contributed by atoms with Gasteiger partial charge in [-0.1, -0.05) is 50.2 Å². The van der Waals surface area contributed by atoms with E-state index in [4.69, 9.17) is 0 Å². The van der Waals surface area contributed by atoms with Crippen LogP contribution in [0.3, 0.4) is 0 Å². The number of amides is 1. The molecule has 0 saturated carbocycles. The zero-order valence-electron chi connectivity index (χ0n) is 13.4. The highest BCUT2D eigenvalue weighted by Gasteiger charge is 2.12. The number of hydrogen-bond donors (Lipinski definition) is 1. The van der Waals surface area contributed by atoms with E-state index in [1.807, 2.05) is 23.6 Å². The first-order valence-corrected chi connectivity index (χ1v) is 9.33. The average Bonchev–Trinajstić information content (AvgIpc) is 3.03. The molecule has 0 saturated heterocycles. The summed E-state index contributed by atoms with van der Waals surface area (Å²) in [6.45, 7) is 4.35. The van der Waals surface area contributed by atoms with E-state index in [1.165, 1.54) is 16.9 Å². The Morgan fingerprint density at radius 3 is 2.50 bits per heavy atom. The van der Waals surface area contributed by atoms with Gasteiger partial charge in [0, 0.05) is 15.4 Å². The van der Waals surface area contributed by atoms with Gasteiger partial charge >= 0.3 is 0 Å². The van der Waals surface area contributed by atoms with Crippen LogP contribution in [0.1, 0.15) is 35.7 Å². The Morgan fingerprint density at radius 1 is 1.12 bits per heavy atom. The number of hydrogen-bond acceptors (Lipinski definition) is 3. The zero-order chi connectivity index (χ0) is 17.1. The molecule has 0 aliphatic carbocycles. The van der Waals surface area contributed by atoms with E-state index in [1.54, 1.807) is 6.07 Å². The lowest BCUT2D eigenvalue weighted by Crippen LogP contribution is -2.12. The Hall–Kier alpha value is -1.98. The minimum Gasteiger partial charge on any atom is -0.298 e. The number of aromatic nitrogens is 1. The van der Waals surface area contributed by atoms with Gasteiger partial charge in [0.2, 0.25) is 0 Å². The third-order valence-electron chi connectivity index (χ3n) is 3.72. The second-order valence-electron chi connectivity index (χ2n) is 5.75. The minimum absolute atomic E-state index is 0.168. The summed E-state index contributed by atoms with van der Waals surface area (Å²) in [5, 5.41) is 5.41. The molecule has 3 aromatic rings. The van der Waals surface area contributed by atoms with Gasteiger partial charge in [-0.15, -0.1) is 11.3 Å². The maximum atomic E-state index is 12.3. The summed E-state index contributed by atoms with van der Waals surface area (Å²) in [4.78, 5) is 16.8. The number of nitrogens with zero attached hydrogens (tertiary/aromatic N) is 1. The van der Waals surface area contributed by atoms with Crippen LogP contribution in [0.4, 0.5) is 5.13 Å². The molecule has 1 heterocycles. The topological polar surface area (TPSA) is 42.0 Å². The van der Waals surface area contributed by atoms with Crippen LogP contribution < -0.4 is 5.32 Å². The van der Waals surface area contributed by atoms with Crippen molar-refractivity contribution in [1.29, 1.82) is 0 Å². The number of thiazole rings is 1. The molecule has 0 aliphatic heterocycles. The molecule has 0 radical (unpaired) electrons. The lowest BCUT2D eigenvalue weighted by Gasteiger charge is -2.05. The minimum atomic E-state index is -0.168. The van der Waals surface area contributed by atoms with Crippen molar-refractivity contribution in [3.05, 3.63) is 69.5 Å². The van der Waals surface area contributed by atoms with Gasteiger partial charge in [-0.05, 0) is 39.5 Å². The van der Waals surface area contributed by atoms with Crippen molar-refractivity contribution in [3.63, 3.8) is 0 Å². The predicted molar refractivity (Wildman–Crippen MR) is 104 cm³/mol. The molecule has 24 heavy (non-hydrogen) atoms. The molecule has 122 valence electrons. The Kier molecular flexibility index (Phi) is 5.11. The predicted octanol–water partition coefficient (Wildman–Crippen LogP) is 5.95. The molecular formula is C19H17BrN2OS. The Labute approximate surface area is 153 Å². The van der Waals surface area contributed by atoms with Crippen molar-refractivity contribution in [2.45, 2.75) is 19.8 Å². The van der Waals surface area contributed by atoms with E-state index < -0.39 is 0 Å². The van der Waals surface area contributed by atoms with E-state index in [0.717, 1.165) is 15.7 Å². The summed E-state index contributed by atoms with van der Waals surface area (Å²) in [5.41, 5.74) is 3.82. The lowest BCUT2D eigenvalue weighted by molar-refractivity contribution is 0.102. The van der Waals surface area contributed by atoms with E-state index in [0.29, 0.717) is 16.6 Å². The molecule has 5 heteroatoms. The van der Waals surface area contributed by atoms with Gasteiger partial charge in [-0.2, -0.15) is 0 Å². The third kappa shape index (κ3) is 3.74. The smallest absolute Gasteiger partial charge is 0.258 e. The molecule has 0 fully saturated rings. The largest absolute Gasteiger partial charge is 0.298 e. The Bertz CT molecular complexity index is 856. The van der Waals surface area contributed by atoms with Crippen LogP contribution >= 0.6 is 27.3 Å². The van der Waals surface area contributed by atoms with Crippen LogP contribution in [0, 0.1) is 0 Å². The number of halogens is 1.